The SMILES string of the molecule is CCCCn1c(N=Cc2cc(C(C)(C)C)c(O)c(C(C)(C)C)c2)nc2ccccc21. The van der Waals surface area contributed by atoms with E-state index in [9.17, 15) is 5.11 Å². The molecule has 0 spiro atoms. The summed E-state index contributed by atoms with van der Waals surface area (Å²) in [5.74, 6) is 1.12. The van der Waals surface area contributed by atoms with Crippen LogP contribution in [-0.4, -0.2) is 20.9 Å². The molecule has 30 heavy (non-hydrogen) atoms. The number of hydrogen-bond donors (Lipinski definition) is 1. The second kappa shape index (κ2) is 8.25. The lowest BCUT2D eigenvalue weighted by Gasteiger charge is -2.27. The summed E-state index contributed by atoms with van der Waals surface area (Å²) in [6.45, 7) is 15.8. The monoisotopic (exact) mass is 405 g/mol. The lowest BCUT2D eigenvalue weighted by molar-refractivity contribution is 0.423. The fourth-order valence-corrected chi connectivity index (χ4v) is 3.71. The van der Waals surface area contributed by atoms with Gasteiger partial charge in [-0.15, -0.1) is 0 Å². The third-order valence-corrected chi connectivity index (χ3v) is 5.45. The van der Waals surface area contributed by atoms with Crippen molar-refractivity contribution in [3.8, 4) is 5.75 Å². The van der Waals surface area contributed by atoms with E-state index in [2.05, 4.69) is 59.1 Å². The molecule has 3 rings (SSSR count). The maximum absolute atomic E-state index is 10.9. The highest BCUT2D eigenvalue weighted by Gasteiger charge is 2.26. The second-order valence-corrected chi connectivity index (χ2v) is 10.1. The molecule has 0 unspecified atom stereocenters. The van der Waals surface area contributed by atoms with Gasteiger partial charge in [0, 0.05) is 23.9 Å². The molecule has 0 fully saturated rings. The predicted molar refractivity (Wildman–Crippen MR) is 127 cm³/mol. The molecule has 1 aromatic heterocycles. The van der Waals surface area contributed by atoms with Crippen molar-refractivity contribution >= 4 is 23.2 Å². The van der Waals surface area contributed by atoms with Gasteiger partial charge >= 0.3 is 0 Å². The van der Waals surface area contributed by atoms with Crippen LogP contribution in [-0.2, 0) is 17.4 Å². The summed E-state index contributed by atoms with van der Waals surface area (Å²) < 4.78 is 2.20. The first-order chi connectivity index (χ1) is 14.0. The maximum atomic E-state index is 10.9. The topological polar surface area (TPSA) is 50.4 Å². The Morgan fingerprint density at radius 2 is 1.60 bits per heavy atom. The Morgan fingerprint density at radius 1 is 1.00 bits per heavy atom. The fourth-order valence-electron chi connectivity index (χ4n) is 3.71. The number of unbranched alkanes of at least 4 members (excludes halogenated alkanes) is 1. The minimum Gasteiger partial charge on any atom is -0.507 e. The van der Waals surface area contributed by atoms with E-state index in [0.717, 1.165) is 53.1 Å². The minimum atomic E-state index is -0.164. The quantitative estimate of drug-likeness (QED) is 0.470. The summed E-state index contributed by atoms with van der Waals surface area (Å²) in [4.78, 5) is 9.54. The van der Waals surface area contributed by atoms with Crippen LogP contribution in [0.2, 0.25) is 0 Å². The number of imidazole rings is 1. The Bertz CT molecular complexity index is 1030. The van der Waals surface area contributed by atoms with Crippen molar-refractivity contribution < 1.29 is 5.11 Å². The number of phenolic OH excluding ortho intramolecular Hbond substituents is 1. The number of phenols is 1. The molecular formula is C26H35N3O. The summed E-state index contributed by atoms with van der Waals surface area (Å²) in [5.41, 5.74) is 4.62. The lowest BCUT2D eigenvalue weighted by Crippen LogP contribution is -2.17. The minimum absolute atomic E-state index is 0.164. The number of aromatic nitrogens is 2. The molecule has 0 bridgehead atoms. The van der Waals surface area contributed by atoms with Crippen LogP contribution in [0.4, 0.5) is 5.95 Å². The van der Waals surface area contributed by atoms with Crippen molar-refractivity contribution in [2.24, 2.45) is 4.99 Å². The van der Waals surface area contributed by atoms with Crippen molar-refractivity contribution in [1.29, 1.82) is 0 Å². The first kappa shape index (κ1) is 22.1. The van der Waals surface area contributed by atoms with Crippen LogP contribution < -0.4 is 0 Å². The molecule has 0 radical (unpaired) electrons. The van der Waals surface area contributed by atoms with Gasteiger partial charge in [-0.3, -0.25) is 0 Å². The van der Waals surface area contributed by atoms with Crippen molar-refractivity contribution in [2.75, 3.05) is 0 Å². The van der Waals surface area contributed by atoms with E-state index in [0.29, 0.717) is 5.75 Å². The predicted octanol–water partition coefficient (Wildman–Crippen LogP) is 6.89. The smallest absolute Gasteiger partial charge is 0.230 e. The zero-order valence-corrected chi connectivity index (χ0v) is 19.5. The van der Waals surface area contributed by atoms with Crippen LogP contribution in [0.5, 0.6) is 5.75 Å². The summed E-state index contributed by atoms with van der Waals surface area (Å²) in [6, 6.07) is 12.3. The highest BCUT2D eigenvalue weighted by Crippen LogP contribution is 2.39. The number of aromatic hydroxyl groups is 1. The highest BCUT2D eigenvalue weighted by molar-refractivity contribution is 5.85. The van der Waals surface area contributed by atoms with Crippen LogP contribution in [0, 0.1) is 0 Å². The number of aryl methyl sites for hydroxylation is 1. The Kier molecular flexibility index (Phi) is 6.07. The lowest BCUT2D eigenvalue weighted by atomic mass is 9.78. The second-order valence-electron chi connectivity index (χ2n) is 10.1. The maximum Gasteiger partial charge on any atom is 0.230 e. The van der Waals surface area contributed by atoms with Gasteiger partial charge in [0.05, 0.1) is 11.0 Å². The highest BCUT2D eigenvalue weighted by atomic mass is 16.3. The summed E-state index contributed by atoms with van der Waals surface area (Å²) >= 11 is 0. The van der Waals surface area contributed by atoms with Gasteiger partial charge in [0.15, 0.2) is 0 Å². The van der Waals surface area contributed by atoms with Crippen molar-refractivity contribution in [3.05, 3.63) is 53.1 Å². The molecule has 3 aromatic rings. The van der Waals surface area contributed by atoms with Gasteiger partial charge in [-0.2, -0.15) is 0 Å². The van der Waals surface area contributed by atoms with Crippen molar-refractivity contribution in [2.45, 2.75) is 78.7 Å². The molecule has 2 aromatic carbocycles. The third kappa shape index (κ3) is 4.58. The molecule has 0 aliphatic carbocycles. The number of hydrogen-bond acceptors (Lipinski definition) is 3. The molecule has 0 atom stereocenters. The molecule has 4 nitrogen and oxygen atoms in total. The van der Waals surface area contributed by atoms with E-state index >= 15 is 0 Å². The third-order valence-electron chi connectivity index (χ3n) is 5.45. The van der Waals surface area contributed by atoms with Crippen molar-refractivity contribution in [1.82, 2.24) is 9.55 Å². The van der Waals surface area contributed by atoms with Gasteiger partial charge < -0.3 is 9.67 Å². The van der Waals surface area contributed by atoms with Crippen molar-refractivity contribution in [3.63, 3.8) is 0 Å². The van der Waals surface area contributed by atoms with Gasteiger partial charge in [0.25, 0.3) is 0 Å². The van der Waals surface area contributed by atoms with Gasteiger partial charge in [0.2, 0.25) is 5.95 Å². The Morgan fingerprint density at radius 3 is 2.17 bits per heavy atom. The molecular weight excluding hydrogens is 370 g/mol. The largest absolute Gasteiger partial charge is 0.507 e. The van der Waals surface area contributed by atoms with E-state index in [1.165, 1.54) is 0 Å². The number of para-hydroxylation sites is 2. The fraction of sp³-hybridized carbons (Fsp3) is 0.462. The number of nitrogens with zero attached hydrogens (tertiary/aromatic N) is 3. The van der Waals surface area contributed by atoms with Crippen LogP contribution in [0.25, 0.3) is 11.0 Å². The number of fused-ring (bicyclic) bond motifs is 1. The average Bonchev–Trinajstić information content (AvgIpc) is 3.01. The van der Waals surface area contributed by atoms with Crippen LogP contribution in [0.1, 0.15) is 78.0 Å². The first-order valence-electron chi connectivity index (χ1n) is 10.9. The molecule has 160 valence electrons. The first-order valence-corrected chi connectivity index (χ1v) is 10.9. The number of rotatable bonds is 5. The van der Waals surface area contributed by atoms with E-state index in [-0.39, 0.29) is 10.8 Å². The molecule has 1 N–H and O–H groups in total. The molecule has 4 heteroatoms. The van der Waals surface area contributed by atoms with Gasteiger partial charge in [-0.1, -0.05) is 67.0 Å². The standard InChI is InChI=1S/C26H35N3O/c1-8-9-14-29-22-13-11-10-12-21(22)28-24(29)27-17-18-15-19(25(2,3)4)23(30)20(16-18)26(5,6)7/h10-13,15-17,30H,8-9,14H2,1-7H3. The molecule has 0 saturated carbocycles. The molecule has 0 aliphatic rings. The zero-order chi connectivity index (χ0) is 22.1. The average molecular weight is 406 g/mol. The Labute approximate surface area is 180 Å². The zero-order valence-electron chi connectivity index (χ0n) is 19.5. The Hall–Kier alpha value is -2.62. The van der Waals surface area contributed by atoms with Crippen LogP contribution in [0.15, 0.2) is 41.4 Å². The summed E-state index contributed by atoms with van der Waals surface area (Å²) in [6.07, 6.45) is 4.09. The van der Waals surface area contributed by atoms with Crippen LogP contribution in [0.3, 0.4) is 0 Å². The van der Waals surface area contributed by atoms with E-state index < -0.39 is 0 Å². The molecule has 0 aliphatic heterocycles. The van der Waals surface area contributed by atoms with E-state index in [1.807, 2.05) is 36.5 Å². The molecule has 0 amide bonds. The summed E-state index contributed by atoms with van der Waals surface area (Å²) in [7, 11) is 0. The van der Waals surface area contributed by atoms with Crippen LogP contribution >= 0.6 is 0 Å². The number of benzene rings is 2. The summed E-state index contributed by atoms with van der Waals surface area (Å²) in [5, 5.41) is 10.9. The van der Waals surface area contributed by atoms with Gasteiger partial charge in [-0.25, -0.2) is 9.98 Å². The van der Waals surface area contributed by atoms with Gasteiger partial charge in [-0.05, 0) is 47.1 Å². The Balaban J connectivity index is 2.10. The molecule has 1 heterocycles. The number of aliphatic imine (C=N–C) groups is 1. The van der Waals surface area contributed by atoms with Gasteiger partial charge in [0.1, 0.15) is 5.75 Å². The van der Waals surface area contributed by atoms with E-state index in [1.54, 1.807) is 0 Å². The van der Waals surface area contributed by atoms with E-state index in [4.69, 9.17) is 9.98 Å². The molecule has 0 saturated heterocycles. The normalized spacial score (nSPS) is 12.9.